The number of nitrogens with two attached hydrogens (primary N) is 1. The third-order valence-electron chi connectivity index (χ3n) is 5.63. The molecule has 10 heteroatoms. The second-order valence-corrected chi connectivity index (χ2v) is 8.36. The first-order chi connectivity index (χ1) is 17.0. The van der Waals surface area contributed by atoms with Gasteiger partial charge in [0.25, 0.3) is 0 Å². The molecule has 0 atom stereocenters. The molecule has 6 rings (SSSR count). The highest BCUT2D eigenvalue weighted by Crippen LogP contribution is 2.34. The highest BCUT2D eigenvalue weighted by atomic mass is 35.5. The summed E-state index contributed by atoms with van der Waals surface area (Å²) in [4.78, 5) is 9.33. The maximum Gasteiger partial charge on any atom is 0.231 e. The minimum absolute atomic E-state index is 0.214. The summed E-state index contributed by atoms with van der Waals surface area (Å²) < 4.78 is 26.2. The zero-order chi connectivity index (χ0) is 23.9. The van der Waals surface area contributed by atoms with Gasteiger partial charge < -0.3 is 20.5 Å². The van der Waals surface area contributed by atoms with E-state index < -0.39 is 5.82 Å². The number of aromatic nitrogens is 4. The minimum atomic E-state index is -0.392. The van der Waals surface area contributed by atoms with Crippen molar-refractivity contribution in [2.45, 2.75) is 6.54 Å². The largest absolute Gasteiger partial charge is 0.454 e. The molecule has 5 aromatic rings. The van der Waals surface area contributed by atoms with Crippen LogP contribution in [-0.4, -0.2) is 26.5 Å². The van der Waals surface area contributed by atoms with Crippen molar-refractivity contribution in [3.63, 3.8) is 0 Å². The molecule has 0 unspecified atom stereocenters. The lowest BCUT2D eigenvalue weighted by molar-refractivity contribution is 0.174. The van der Waals surface area contributed by atoms with Gasteiger partial charge in [-0.3, -0.25) is 0 Å². The Balaban J connectivity index is 1.43. The molecule has 2 aromatic heterocycles. The Kier molecular flexibility index (Phi) is 5.11. The molecule has 3 N–H and O–H groups in total. The van der Waals surface area contributed by atoms with Crippen molar-refractivity contribution in [1.29, 1.82) is 0 Å². The van der Waals surface area contributed by atoms with E-state index >= 15 is 0 Å². The lowest BCUT2D eigenvalue weighted by atomic mass is 10.1. The molecule has 174 valence electrons. The van der Waals surface area contributed by atoms with Crippen LogP contribution in [0.5, 0.6) is 11.5 Å². The number of hydrogen-bond donors (Lipinski definition) is 2. The van der Waals surface area contributed by atoms with Crippen LogP contribution in [-0.2, 0) is 6.54 Å². The third kappa shape index (κ3) is 3.95. The van der Waals surface area contributed by atoms with Crippen LogP contribution in [0.25, 0.3) is 28.0 Å². The molecule has 1 aliphatic rings. The van der Waals surface area contributed by atoms with Gasteiger partial charge in [-0.25, -0.2) is 14.1 Å². The molecule has 0 amide bonds. The van der Waals surface area contributed by atoms with E-state index in [1.165, 1.54) is 16.8 Å². The van der Waals surface area contributed by atoms with Gasteiger partial charge in [0, 0.05) is 17.1 Å². The van der Waals surface area contributed by atoms with Crippen molar-refractivity contribution < 1.29 is 13.9 Å². The number of hydrogen-bond acceptors (Lipinski definition) is 7. The van der Waals surface area contributed by atoms with Gasteiger partial charge in [-0.2, -0.15) is 4.98 Å². The van der Waals surface area contributed by atoms with E-state index in [2.05, 4.69) is 15.4 Å². The molecule has 0 radical (unpaired) electrons. The maximum absolute atomic E-state index is 13.9. The van der Waals surface area contributed by atoms with Gasteiger partial charge in [0.1, 0.15) is 11.6 Å². The lowest BCUT2D eigenvalue weighted by Crippen LogP contribution is -2.05. The highest BCUT2D eigenvalue weighted by Gasteiger charge is 2.20. The van der Waals surface area contributed by atoms with Crippen molar-refractivity contribution >= 4 is 34.4 Å². The molecule has 0 bridgehead atoms. The summed E-state index contributed by atoms with van der Waals surface area (Å²) in [6, 6.07) is 19.0. The molecule has 35 heavy (non-hydrogen) atoms. The van der Waals surface area contributed by atoms with Crippen LogP contribution in [0, 0.1) is 5.82 Å². The molecular weight excluding hydrogens is 471 g/mol. The normalized spacial score (nSPS) is 12.3. The number of fused-ring (bicyclic) bond motifs is 2. The molecule has 3 aromatic carbocycles. The molecule has 0 saturated heterocycles. The maximum atomic E-state index is 13.9. The van der Waals surface area contributed by atoms with E-state index in [0.29, 0.717) is 51.5 Å². The Morgan fingerprint density at radius 3 is 2.66 bits per heavy atom. The molecule has 0 fully saturated rings. The number of benzene rings is 3. The van der Waals surface area contributed by atoms with Crippen molar-refractivity contribution in [2.24, 2.45) is 0 Å². The van der Waals surface area contributed by atoms with Gasteiger partial charge in [-0.05, 0) is 48.0 Å². The SMILES string of the molecule is Nc1c2c(-c3ccc(Cl)cc3)nc(NCc3ccc4c(c3)OCO4)nc2nn1-c1cccc(F)c1. The Hall–Kier alpha value is -4.37. The molecule has 0 aliphatic carbocycles. The third-order valence-corrected chi connectivity index (χ3v) is 5.88. The first-order valence-electron chi connectivity index (χ1n) is 10.8. The molecule has 0 spiro atoms. The van der Waals surface area contributed by atoms with Gasteiger partial charge in [0.15, 0.2) is 17.1 Å². The number of nitrogens with one attached hydrogen (secondary N) is 1. The lowest BCUT2D eigenvalue weighted by Gasteiger charge is -2.09. The summed E-state index contributed by atoms with van der Waals surface area (Å²) in [6.07, 6.45) is 0. The second kappa shape index (κ2) is 8.44. The fourth-order valence-corrected chi connectivity index (χ4v) is 4.07. The van der Waals surface area contributed by atoms with Gasteiger partial charge in [0.05, 0.1) is 16.8 Å². The molecule has 3 heterocycles. The Morgan fingerprint density at radius 2 is 1.83 bits per heavy atom. The summed E-state index contributed by atoms with van der Waals surface area (Å²) in [5, 5.41) is 8.97. The van der Waals surface area contributed by atoms with Crippen LogP contribution in [0.4, 0.5) is 16.2 Å². The summed E-state index contributed by atoms with van der Waals surface area (Å²) in [5.74, 6) is 1.69. The molecule has 8 nitrogen and oxygen atoms in total. The van der Waals surface area contributed by atoms with Crippen LogP contribution in [0.1, 0.15) is 5.56 Å². The molecule has 1 aliphatic heterocycles. The first kappa shape index (κ1) is 21.2. The minimum Gasteiger partial charge on any atom is -0.454 e. The number of ether oxygens (including phenoxy) is 2. The zero-order valence-electron chi connectivity index (χ0n) is 18.2. The van der Waals surface area contributed by atoms with E-state index in [0.717, 1.165) is 16.9 Å². The Labute approximate surface area is 204 Å². The highest BCUT2D eigenvalue weighted by molar-refractivity contribution is 6.30. The standard InChI is InChI=1S/C25H18ClFN6O2/c26-16-7-5-15(6-8-16)22-21-23(28)33(18-3-1-2-17(27)11-18)32-24(21)31-25(30-22)29-12-14-4-9-19-20(10-14)35-13-34-19/h1-11H,12-13,28H2,(H,29,31,32). The van der Waals surface area contributed by atoms with Crippen molar-refractivity contribution in [3.05, 3.63) is 83.1 Å². The summed E-state index contributed by atoms with van der Waals surface area (Å²) in [5.41, 5.74) is 9.68. The topological polar surface area (TPSA) is 100 Å². The van der Waals surface area contributed by atoms with Crippen molar-refractivity contribution in [3.8, 4) is 28.4 Å². The number of anilines is 2. The first-order valence-corrected chi connectivity index (χ1v) is 11.1. The van der Waals surface area contributed by atoms with E-state index in [4.69, 9.17) is 31.8 Å². The van der Waals surface area contributed by atoms with Crippen molar-refractivity contribution in [1.82, 2.24) is 19.7 Å². The van der Waals surface area contributed by atoms with E-state index in [1.807, 2.05) is 30.3 Å². The summed E-state index contributed by atoms with van der Waals surface area (Å²) in [7, 11) is 0. The van der Waals surface area contributed by atoms with Crippen LogP contribution >= 0.6 is 11.6 Å². The molecular formula is C25H18ClFN6O2. The zero-order valence-corrected chi connectivity index (χ0v) is 19.0. The fourth-order valence-electron chi connectivity index (χ4n) is 3.94. The number of halogens is 2. The fraction of sp³-hybridized carbons (Fsp3) is 0.0800. The number of rotatable bonds is 5. The molecule has 0 saturated carbocycles. The summed E-state index contributed by atoms with van der Waals surface area (Å²) in [6.45, 7) is 0.661. The average Bonchev–Trinajstić information content (AvgIpc) is 3.47. The predicted molar refractivity (Wildman–Crippen MR) is 131 cm³/mol. The number of nitrogen functional groups attached to an aromatic ring is 1. The van der Waals surface area contributed by atoms with Crippen LogP contribution in [0.3, 0.4) is 0 Å². The van der Waals surface area contributed by atoms with Gasteiger partial charge in [-0.1, -0.05) is 35.9 Å². The van der Waals surface area contributed by atoms with Gasteiger partial charge >= 0.3 is 0 Å². The predicted octanol–water partition coefficient (Wildman–Crippen LogP) is 5.20. The van der Waals surface area contributed by atoms with E-state index in [9.17, 15) is 4.39 Å². The smallest absolute Gasteiger partial charge is 0.231 e. The summed E-state index contributed by atoms with van der Waals surface area (Å²) >= 11 is 6.10. The van der Waals surface area contributed by atoms with Gasteiger partial charge in [0.2, 0.25) is 12.7 Å². The van der Waals surface area contributed by atoms with E-state index in [1.54, 1.807) is 24.3 Å². The average molecular weight is 489 g/mol. The van der Waals surface area contributed by atoms with E-state index in [-0.39, 0.29) is 6.79 Å². The Morgan fingerprint density at radius 1 is 1.00 bits per heavy atom. The Bertz CT molecular complexity index is 1570. The second-order valence-electron chi connectivity index (χ2n) is 7.92. The van der Waals surface area contributed by atoms with Crippen molar-refractivity contribution in [2.75, 3.05) is 17.8 Å². The van der Waals surface area contributed by atoms with Crippen LogP contribution < -0.4 is 20.5 Å². The quantitative estimate of drug-likeness (QED) is 0.351. The van der Waals surface area contributed by atoms with Gasteiger partial charge in [-0.15, -0.1) is 5.10 Å². The number of nitrogens with zero attached hydrogens (tertiary/aromatic N) is 4. The van der Waals surface area contributed by atoms with Crippen LogP contribution in [0.2, 0.25) is 5.02 Å². The monoisotopic (exact) mass is 488 g/mol. The van der Waals surface area contributed by atoms with Crippen LogP contribution in [0.15, 0.2) is 66.7 Å².